The van der Waals surface area contributed by atoms with Crippen molar-refractivity contribution in [1.29, 1.82) is 0 Å². The summed E-state index contributed by atoms with van der Waals surface area (Å²) in [5.41, 5.74) is -0.241. The van der Waals surface area contributed by atoms with E-state index >= 15 is 0 Å². The molecule has 3 nitrogen and oxygen atoms in total. The van der Waals surface area contributed by atoms with Crippen LogP contribution >= 0.6 is 0 Å². The van der Waals surface area contributed by atoms with Crippen molar-refractivity contribution in [2.45, 2.75) is 32.8 Å². The lowest BCUT2D eigenvalue weighted by Crippen LogP contribution is -2.46. The van der Waals surface area contributed by atoms with E-state index in [1.165, 1.54) is 0 Å². The fourth-order valence-electron chi connectivity index (χ4n) is 1.37. The van der Waals surface area contributed by atoms with E-state index in [-0.39, 0.29) is 5.60 Å². The van der Waals surface area contributed by atoms with Gasteiger partial charge in [0.05, 0.1) is 0 Å². The molecule has 0 aromatic heterocycles. The SMILES string of the molecule is CCOC(C)(C)C1=NCCCN1. The Morgan fingerprint density at radius 3 is 2.83 bits per heavy atom. The molecule has 1 rings (SSSR count). The standard InChI is InChI=1S/C9H18N2O/c1-4-12-9(2,3)8-10-6-5-7-11-8/h4-7H2,1-3H3,(H,10,11). The molecule has 0 unspecified atom stereocenters. The quantitative estimate of drug-likeness (QED) is 0.690. The summed E-state index contributed by atoms with van der Waals surface area (Å²) in [5.74, 6) is 0.996. The van der Waals surface area contributed by atoms with Gasteiger partial charge in [-0.05, 0) is 27.2 Å². The van der Waals surface area contributed by atoms with Crippen molar-refractivity contribution >= 4 is 5.84 Å². The molecular weight excluding hydrogens is 152 g/mol. The lowest BCUT2D eigenvalue weighted by Gasteiger charge is -2.29. The molecule has 1 N–H and O–H groups in total. The zero-order valence-corrected chi connectivity index (χ0v) is 8.18. The molecule has 0 saturated heterocycles. The van der Waals surface area contributed by atoms with Crippen molar-refractivity contribution in [2.24, 2.45) is 4.99 Å². The molecule has 3 heteroatoms. The van der Waals surface area contributed by atoms with Gasteiger partial charge in [0.2, 0.25) is 0 Å². The van der Waals surface area contributed by atoms with Crippen LogP contribution in [0.15, 0.2) is 4.99 Å². The molecule has 0 aromatic rings. The second-order valence-corrected chi connectivity index (χ2v) is 3.45. The Balaban J connectivity index is 2.59. The van der Waals surface area contributed by atoms with Crippen LogP contribution in [0.2, 0.25) is 0 Å². The van der Waals surface area contributed by atoms with Crippen LogP contribution in [0.25, 0.3) is 0 Å². The third kappa shape index (κ3) is 2.21. The summed E-state index contributed by atoms with van der Waals surface area (Å²) in [6, 6.07) is 0. The summed E-state index contributed by atoms with van der Waals surface area (Å²) in [4.78, 5) is 4.40. The monoisotopic (exact) mass is 170 g/mol. The summed E-state index contributed by atoms with van der Waals surface area (Å²) in [6.07, 6.45) is 1.13. The van der Waals surface area contributed by atoms with Crippen LogP contribution in [0, 0.1) is 0 Å². The van der Waals surface area contributed by atoms with Crippen LogP contribution in [0.4, 0.5) is 0 Å². The predicted octanol–water partition coefficient (Wildman–Crippen LogP) is 1.19. The van der Waals surface area contributed by atoms with E-state index in [0.29, 0.717) is 0 Å². The van der Waals surface area contributed by atoms with E-state index in [4.69, 9.17) is 4.74 Å². The maximum Gasteiger partial charge on any atom is 0.128 e. The van der Waals surface area contributed by atoms with Crippen LogP contribution in [-0.2, 0) is 4.74 Å². The Labute approximate surface area is 74.2 Å². The normalized spacial score (nSPS) is 18.4. The highest BCUT2D eigenvalue weighted by molar-refractivity contribution is 5.90. The molecule has 1 aliphatic rings. The molecule has 1 heterocycles. The zero-order chi connectivity index (χ0) is 9.03. The summed E-state index contributed by atoms with van der Waals surface area (Å²) >= 11 is 0. The van der Waals surface area contributed by atoms with Gasteiger partial charge in [0.1, 0.15) is 11.4 Å². The van der Waals surface area contributed by atoms with Gasteiger partial charge in [-0.2, -0.15) is 0 Å². The van der Waals surface area contributed by atoms with Gasteiger partial charge in [-0.3, -0.25) is 4.99 Å². The second-order valence-electron chi connectivity index (χ2n) is 3.45. The Kier molecular flexibility index (Phi) is 3.09. The molecule has 0 fully saturated rings. The molecule has 0 radical (unpaired) electrons. The molecule has 0 atom stereocenters. The lowest BCUT2D eigenvalue weighted by molar-refractivity contribution is 0.0407. The number of aliphatic imine (C=N–C) groups is 1. The largest absolute Gasteiger partial charge is 0.371 e. The van der Waals surface area contributed by atoms with E-state index in [2.05, 4.69) is 10.3 Å². The Morgan fingerprint density at radius 2 is 2.33 bits per heavy atom. The molecule has 0 spiro atoms. The van der Waals surface area contributed by atoms with E-state index in [9.17, 15) is 0 Å². The fraction of sp³-hybridized carbons (Fsp3) is 0.889. The van der Waals surface area contributed by atoms with E-state index in [1.54, 1.807) is 0 Å². The molecule has 12 heavy (non-hydrogen) atoms. The minimum Gasteiger partial charge on any atom is -0.371 e. The van der Waals surface area contributed by atoms with Gasteiger partial charge in [0.25, 0.3) is 0 Å². The van der Waals surface area contributed by atoms with Crippen molar-refractivity contribution in [1.82, 2.24) is 5.32 Å². The Morgan fingerprint density at radius 1 is 1.58 bits per heavy atom. The van der Waals surface area contributed by atoms with Crippen molar-refractivity contribution in [2.75, 3.05) is 19.7 Å². The van der Waals surface area contributed by atoms with Crippen LogP contribution < -0.4 is 5.32 Å². The van der Waals surface area contributed by atoms with Crippen molar-refractivity contribution < 1.29 is 4.74 Å². The molecule has 0 amide bonds. The molecule has 1 aliphatic heterocycles. The average Bonchev–Trinajstić information content (AvgIpc) is 2.06. The topological polar surface area (TPSA) is 33.6 Å². The molecular formula is C9H18N2O. The third-order valence-electron chi connectivity index (χ3n) is 1.97. The molecule has 0 bridgehead atoms. The van der Waals surface area contributed by atoms with Crippen molar-refractivity contribution in [3.05, 3.63) is 0 Å². The summed E-state index contributed by atoms with van der Waals surface area (Å²) < 4.78 is 5.58. The van der Waals surface area contributed by atoms with Gasteiger partial charge in [0, 0.05) is 19.7 Å². The summed E-state index contributed by atoms with van der Waals surface area (Å²) in [7, 11) is 0. The fourth-order valence-corrected chi connectivity index (χ4v) is 1.37. The maximum absolute atomic E-state index is 5.58. The summed E-state index contributed by atoms with van der Waals surface area (Å²) in [6.45, 7) is 8.79. The van der Waals surface area contributed by atoms with Gasteiger partial charge in [-0.1, -0.05) is 0 Å². The number of nitrogens with zero attached hydrogens (tertiary/aromatic N) is 1. The number of hydrogen-bond donors (Lipinski definition) is 1. The average molecular weight is 170 g/mol. The van der Waals surface area contributed by atoms with Gasteiger partial charge in [0.15, 0.2) is 0 Å². The van der Waals surface area contributed by atoms with Crippen LogP contribution in [0.5, 0.6) is 0 Å². The highest BCUT2D eigenvalue weighted by Crippen LogP contribution is 2.12. The van der Waals surface area contributed by atoms with Crippen molar-refractivity contribution in [3.8, 4) is 0 Å². The first kappa shape index (κ1) is 9.52. The van der Waals surface area contributed by atoms with Crippen molar-refractivity contribution in [3.63, 3.8) is 0 Å². The van der Waals surface area contributed by atoms with E-state index in [1.807, 2.05) is 20.8 Å². The molecule has 70 valence electrons. The van der Waals surface area contributed by atoms with E-state index in [0.717, 1.165) is 32.0 Å². The minimum atomic E-state index is -0.241. The van der Waals surface area contributed by atoms with Gasteiger partial charge in [-0.15, -0.1) is 0 Å². The maximum atomic E-state index is 5.58. The van der Waals surface area contributed by atoms with Crippen LogP contribution in [-0.4, -0.2) is 31.1 Å². The predicted molar refractivity (Wildman–Crippen MR) is 50.6 cm³/mol. The van der Waals surface area contributed by atoms with Gasteiger partial charge >= 0.3 is 0 Å². The zero-order valence-electron chi connectivity index (χ0n) is 8.18. The first-order chi connectivity index (χ1) is 5.67. The van der Waals surface area contributed by atoms with Gasteiger partial charge in [-0.25, -0.2) is 0 Å². The summed E-state index contributed by atoms with van der Waals surface area (Å²) in [5, 5.41) is 3.27. The van der Waals surface area contributed by atoms with Gasteiger partial charge < -0.3 is 10.1 Å². The first-order valence-corrected chi connectivity index (χ1v) is 4.59. The van der Waals surface area contributed by atoms with Crippen LogP contribution in [0.1, 0.15) is 27.2 Å². The lowest BCUT2D eigenvalue weighted by atomic mass is 10.1. The smallest absolute Gasteiger partial charge is 0.128 e. The minimum absolute atomic E-state index is 0.241. The molecule has 0 saturated carbocycles. The first-order valence-electron chi connectivity index (χ1n) is 4.59. The third-order valence-corrected chi connectivity index (χ3v) is 1.97. The number of nitrogens with one attached hydrogen (secondary N) is 1. The number of rotatable bonds is 3. The Hall–Kier alpha value is -0.570. The Bertz CT molecular complexity index is 175. The second kappa shape index (κ2) is 3.90. The highest BCUT2D eigenvalue weighted by atomic mass is 16.5. The number of amidine groups is 1. The molecule has 0 aliphatic carbocycles. The van der Waals surface area contributed by atoms with Crippen LogP contribution in [0.3, 0.4) is 0 Å². The van der Waals surface area contributed by atoms with E-state index < -0.39 is 0 Å². The molecule has 0 aromatic carbocycles. The number of hydrogen-bond acceptors (Lipinski definition) is 3. The number of ether oxygens (including phenoxy) is 1. The highest BCUT2D eigenvalue weighted by Gasteiger charge is 2.26.